The Hall–Kier alpha value is -1.80. The standard InChI is InChI=1S/C9H6N2/c1-7-4-3-5-8(6-10)9(7)11-2/h3-5H,1H3/i3D,4D,5D. The van der Waals surface area contributed by atoms with Crippen LogP contribution in [0.15, 0.2) is 18.1 Å². The van der Waals surface area contributed by atoms with Crippen molar-refractivity contribution in [2.24, 2.45) is 0 Å². The summed E-state index contributed by atoms with van der Waals surface area (Å²) in [4.78, 5) is 3.11. The van der Waals surface area contributed by atoms with Gasteiger partial charge in [-0.3, -0.25) is 0 Å². The number of nitrogens with zero attached hydrogens (tertiary/aromatic N) is 2. The Balaban J connectivity index is 3.79. The Morgan fingerprint density at radius 3 is 3.00 bits per heavy atom. The van der Waals surface area contributed by atoms with Crippen LogP contribution in [0.4, 0.5) is 5.69 Å². The summed E-state index contributed by atoms with van der Waals surface area (Å²) in [6.07, 6.45) is 0. The zero-order valence-corrected chi connectivity index (χ0v) is 5.89. The lowest BCUT2D eigenvalue weighted by Gasteiger charge is -1.96. The van der Waals surface area contributed by atoms with Gasteiger partial charge >= 0.3 is 0 Å². The minimum absolute atomic E-state index is 0.0125. The monoisotopic (exact) mass is 145 g/mol. The molecule has 1 rings (SSSR count). The summed E-state index contributed by atoms with van der Waals surface area (Å²) < 4.78 is 22.2. The van der Waals surface area contributed by atoms with Crippen LogP contribution in [0.3, 0.4) is 0 Å². The molecular weight excluding hydrogens is 136 g/mol. The minimum Gasteiger partial charge on any atom is -0.236 e. The molecule has 0 aliphatic carbocycles. The lowest BCUT2D eigenvalue weighted by Crippen LogP contribution is -1.77. The fraction of sp³-hybridized carbons (Fsp3) is 0.111. The number of hydrogen-bond donors (Lipinski definition) is 0. The van der Waals surface area contributed by atoms with Gasteiger partial charge in [0.15, 0.2) is 0 Å². The Bertz CT molecular complexity index is 436. The van der Waals surface area contributed by atoms with Crippen LogP contribution in [0.5, 0.6) is 0 Å². The van der Waals surface area contributed by atoms with Gasteiger partial charge < -0.3 is 0 Å². The summed E-state index contributed by atoms with van der Waals surface area (Å²) in [5.74, 6) is 0. The second-order valence-corrected chi connectivity index (χ2v) is 1.95. The lowest BCUT2D eigenvalue weighted by atomic mass is 10.1. The van der Waals surface area contributed by atoms with Crippen molar-refractivity contribution in [2.75, 3.05) is 0 Å². The molecule has 0 saturated heterocycles. The topological polar surface area (TPSA) is 28.1 Å². The van der Waals surface area contributed by atoms with Crippen molar-refractivity contribution < 1.29 is 4.11 Å². The molecule has 11 heavy (non-hydrogen) atoms. The molecule has 0 saturated carbocycles. The molecule has 1 aromatic rings. The van der Waals surface area contributed by atoms with Gasteiger partial charge in [-0.15, -0.1) is 0 Å². The normalized spacial score (nSPS) is 12.1. The second kappa shape index (κ2) is 2.86. The SMILES string of the molecule is [2H]c1c([2H])c(C)c([N+]#[C-])c(C#N)c1[2H]. The Morgan fingerprint density at radius 2 is 2.45 bits per heavy atom. The van der Waals surface area contributed by atoms with Crippen molar-refractivity contribution in [3.8, 4) is 6.07 Å². The Kier molecular flexibility index (Phi) is 1.08. The van der Waals surface area contributed by atoms with Crippen molar-refractivity contribution in [2.45, 2.75) is 6.92 Å². The van der Waals surface area contributed by atoms with Crippen LogP contribution in [-0.4, -0.2) is 0 Å². The molecule has 0 unspecified atom stereocenters. The van der Waals surface area contributed by atoms with Crippen LogP contribution in [0.25, 0.3) is 4.85 Å². The van der Waals surface area contributed by atoms with Crippen LogP contribution in [0.2, 0.25) is 0 Å². The average Bonchev–Trinajstić information content (AvgIpc) is 2.20. The van der Waals surface area contributed by atoms with E-state index in [2.05, 4.69) is 4.85 Å². The summed E-state index contributed by atoms with van der Waals surface area (Å²) in [6.45, 7) is 8.35. The highest BCUT2D eigenvalue weighted by molar-refractivity contribution is 5.62. The van der Waals surface area contributed by atoms with Crippen LogP contribution in [0, 0.1) is 24.8 Å². The Labute approximate surface area is 69.7 Å². The molecule has 0 heterocycles. The first-order valence-corrected chi connectivity index (χ1v) is 2.92. The predicted octanol–water partition coefficient (Wildman–Crippen LogP) is 2.42. The van der Waals surface area contributed by atoms with E-state index in [4.69, 9.17) is 15.9 Å². The van der Waals surface area contributed by atoms with E-state index in [9.17, 15) is 0 Å². The van der Waals surface area contributed by atoms with Crippen molar-refractivity contribution in [1.82, 2.24) is 0 Å². The van der Waals surface area contributed by atoms with E-state index in [1.54, 1.807) is 6.07 Å². The fourth-order valence-electron chi connectivity index (χ4n) is 0.714. The van der Waals surface area contributed by atoms with E-state index in [1.165, 1.54) is 6.92 Å². The fourth-order valence-corrected chi connectivity index (χ4v) is 0.714. The van der Waals surface area contributed by atoms with Gasteiger partial charge in [0.25, 0.3) is 0 Å². The van der Waals surface area contributed by atoms with Crippen LogP contribution in [-0.2, 0) is 0 Å². The number of rotatable bonds is 0. The van der Waals surface area contributed by atoms with Crippen molar-refractivity contribution in [3.05, 3.63) is 40.7 Å². The molecule has 0 atom stereocenters. The zero-order valence-electron chi connectivity index (χ0n) is 8.89. The van der Waals surface area contributed by atoms with E-state index in [-0.39, 0.29) is 34.9 Å². The first-order chi connectivity index (χ1) is 6.54. The molecule has 52 valence electrons. The predicted molar refractivity (Wildman–Crippen MR) is 42.2 cm³/mol. The molecule has 0 radical (unpaired) electrons. The van der Waals surface area contributed by atoms with Gasteiger partial charge in [0.05, 0.1) is 22.3 Å². The molecule has 0 spiro atoms. The molecule has 0 fully saturated rings. The third-order valence-electron chi connectivity index (χ3n) is 1.25. The summed E-state index contributed by atoms with van der Waals surface area (Å²) in [5, 5.41) is 8.71. The molecule has 1 aromatic carbocycles. The molecular formula is C9H6N2. The lowest BCUT2D eigenvalue weighted by molar-refractivity contribution is 1.44. The third-order valence-corrected chi connectivity index (χ3v) is 1.25. The minimum atomic E-state index is -0.339. The summed E-state index contributed by atoms with van der Waals surface area (Å²) in [5.41, 5.74) is 0.189. The smallest absolute Gasteiger partial charge is 0.207 e. The maximum Gasteiger partial charge on any atom is 0.207 e. The summed E-state index contributed by atoms with van der Waals surface area (Å²) in [6, 6.07) is 0.928. The van der Waals surface area contributed by atoms with Crippen LogP contribution >= 0.6 is 0 Å². The van der Waals surface area contributed by atoms with E-state index in [1.807, 2.05) is 0 Å². The van der Waals surface area contributed by atoms with Crippen molar-refractivity contribution in [3.63, 3.8) is 0 Å². The van der Waals surface area contributed by atoms with Crippen LogP contribution < -0.4 is 0 Å². The van der Waals surface area contributed by atoms with Gasteiger partial charge in [0.2, 0.25) is 5.69 Å². The highest BCUT2D eigenvalue weighted by atomic mass is 14.7. The molecule has 0 aliphatic rings. The van der Waals surface area contributed by atoms with Crippen LogP contribution in [0.1, 0.15) is 15.2 Å². The largest absolute Gasteiger partial charge is 0.236 e. The van der Waals surface area contributed by atoms with Gasteiger partial charge in [-0.2, -0.15) is 5.26 Å². The molecule has 2 heteroatoms. The van der Waals surface area contributed by atoms with E-state index in [0.717, 1.165) is 0 Å². The van der Waals surface area contributed by atoms with Crippen molar-refractivity contribution >= 4 is 5.69 Å². The number of hydrogen-bond acceptors (Lipinski definition) is 1. The molecule has 0 bridgehead atoms. The highest BCUT2D eigenvalue weighted by Crippen LogP contribution is 2.22. The first kappa shape index (κ1) is 4.16. The van der Waals surface area contributed by atoms with Gasteiger partial charge in [-0.05, 0) is 12.5 Å². The van der Waals surface area contributed by atoms with Gasteiger partial charge in [-0.1, -0.05) is 18.1 Å². The molecule has 0 aromatic heterocycles. The number of nitriles is 1. The number of para-hydroxylation sites is 1. The van der Waals surface area contributed by atoms with E-state index < -0.39 is 0 Å². The summed E-state index contributed by atoms with van der Waals surface area (Å²) >= 11 is 0. The molecule has 2 nitrogen and oxygen atoms in total. The first-order valence-electron chi connectivity index (χ1n) is 4.42. The van der Waals surface area contributed by atoms with E-state index >= 15 is 0 Å². The van der Waals surface area contributed by atoms with Crippen molar-refractivity contribution in [1.29, 1.82) is 5.26 Å². The maximum atomic E-state index is 8.71. The molecule has 0 aliphatic heterocycles. The highest BCUT2D eigenvalue weighted by Gasteiger charge is 2.02. The third kappa shape index (κ3) is 1.20. The average molecular weight is 145 g/mol. The molecule has 0 N–H and O–H groups in total. The maximum absolute atomic E-state index is 8.71. The number of benzene rings is 1. The van der Waals surface area contributed by atoms with E-state index in [0.29, 0.717) is 0 Å². The van der Waals surface area contributed by atoms with Gasteiger partial charge in [-0.25, -0.2) is 4.85 Å². The molecule has 0 amide bonds. The Morgan fingerprint density at radius 1 is 1.73 bits per heavy atom. The second-order valence-electron chi connectivity index (χ2n) is 1.95. The quantitative estimate of drug-likeness (QED) is 0.515. The van der Waals surface area contributed by atoms with Gasteiger partial charge in [0.1, 0.15) is 0 Å². The summed E-state index contributed by atoms with van der Waals surface area (Å²) in [7, 11) is 0. The van der Waals surface area contributed by atoms with Gasteiger partial charge in [0, 0.05) is 0 Å². The zero-order chi connectivity index (χ0) is 10.9.